The van der Waals surface area contributed by atoms with Gasteiger partial charge in [0.05, 0.1) is 0 Å². The van der Waals surface area contributed by atoms with Gasteiger partial charge < -0.3 is 10.0 Å². The minimum Gasteiger partial charge on any atom is -0.465 e. The molecule has 0 aliphatic rings. The van der Waals surface area contributed by atoms with E-state index in [-0.39, 0.29) is 29.4 Å². The second-order valence-corrected chi connectivity index (χ2v) is 2.88. The van der Waals surface area contributed by atoms with Gasteiger partial charge >= 0.3 is 6.09 Å². The summed E-state index contributed by atoms with van der Waals surface area (Å²) in [7, 11) is 0. The first-order valence-electron chi connectivity index (χ1n) is 3.48. The van der Waals surface area contributed by atoms with Crippen molar-refractivity contribution in [2.75, 3.05) is 0 Å². The SMILES string of the molecule is CC(C)N(C(=O)O)C(C)C.[Cr]. The zero-order chi connectivity index (χ0) is 8.31. The van der Waals surface area contributed by atoms with E-state index in [2.05, 4.69) is 0 Å². The molecule has 0 spiro atoms. The summed E-state index contributed by atoms with van der Waals surface area (Å²) in [5.74, 6) is 0. The first-order chi connectivity index (χ1) is 4.46. The van der Waals surface area contributed by atoms with E-state index in [0.29, 0.717) is 0 Å². The quantitative estimate of drug-likeness (QED) is 0.733. The van der Waals surface area contributed by atoms with Gasteiger partial charge in [-0.15, -0.1) is 0 Å². The van der Waals surface area contributed by atoms with Gasteiger partial charge in [-0.2, -0.15) is 0 Å². The number of carboxylic acid groups (broad SMARTS) is 1. The van der Waals surface area contributed by atoms with Gasteiger partial charge in [-0.05, 0) is 27.7 Å². The van der Waals surface area contributed by atoms with Gasteiger partial charge in [0.1, 0.15) is 0 Å². The molecule has 1 amide bonds. The van der Waals surface area contributed by atoms with Crippen molar-refractivity contribution in [3.8, 4) is 0 Å². The third-order valence-electron chi connectivity index (χ3n) is 1.33. The van der Waals surface area contributed by atoms with E-state index in [1.165, 1.54) is 4.90 Å². The molecule has 0 fully saturated rings. The first kappa shape index (κ1) is 13.4. The van der Waals surface area contributed by atoms with Crippen LogP contribution in [0.25, 0.3) is 0 Å². The molecule has 0 rings (SSSR count). The Kier molecular flexibility index (Phi) is 6.64. The van der Waals surface area contributed by atoms with Crippen molar-refractivity contribution in [1.82, 2.24) is 4.90 Å². The monoisotopic (exact) mass is 197 g/mol. The molecule has 0 aromatic rings. The number of hydrogen-bond donors (Lipinski definition) is 1. The van der Waals surface area contributed by atoms with Crippen molar-refractivity contribution in [2.24, 2.45) is 0 Å². The first-order valence-corrected chi connectivity index (χ1v) is 3.48. The molecule has 0 aromatic heterocycles. The summed E-state index contributed by atoms with van der Waals surface area (Å²) in [6.07, 6.45) is -0.843. The fraction of sp³-hybridized carbons (Fsp3) is 0.857. The zero-order valence-electron chi connectivity index (χ0n) is 7.37. The van der Waals surface area contributed by atoms with E-state index in [0.717, 1.165) is 0 Å². The fourth-order valence-corrected chi connectivity index (χ4v) is 1.04. The summed E-state index contributed by atoms with van der Waals surface area (Å²) in [5, 5.41) is 8.64. The zero-order valence-corrected chi connectivity index (χ0v) is 8.64. The summed E-state index contributed by atoms with van der Waals surface area (Å²) in [4.78, 5) is 11.9. The molecule has 0 aromatic carbocycles. The van der Waals surface area contributed by atoms with Gasteiger partial charge in [0, 0.05) is 29.4 Å². The molecule has 11 heavy (non-hydrogen) atoms. The van der Waals surface area contributed by atoms with Crippen LogP contribution in [0, 0.1) is 0 Å². The Labute approximate surface area is 78.5 Å². The maximum absolute atomic E-state index is 10.5. The molecule has 0 aliphatic heterocycles. The van der Waals surface area contributed by atoms with E-state index in [4.69, 9.17) is 5.11 Å². The third kappa shape index (κ3) is 4.28. The number of amides is 1. The van der Waals surface area contributed by atoms with Gasteiger partial charge in [0.2, 0.25) is 0 Å². The largest absolute Gasteiger partial charge is 0.465 e. The minimum atomic E-state index is -0.843. The van der Waals surface area contributed by atoms with Gasteiger partial charge in [-0.1, -0.05) is 0 Å². The van der Waals surface area contributed by atoms with Crippen LogP contribution in [0.1, 0.15) is 27.7 Å². The summed E-state index contributed by atoms with van der Waals surface area (Å²) < 4.78 is 0. The molecule has 0 heterocycles. The molecule has 0 saturated heterocycles. The molecule has 0 unspecified atom stereocenters. The standard InChI is InChI=1S/C7H15NO2.Cr/c1-5(2)8(6(3)4)7(9)10;/h5-6H,1-4H3,(H,9,10);. The van der Waals surface area contributed by atoms with E-state index >= 15 is 0 Å². The van der Waals surface area contributed by atoms with Crippen LogP contribution in [0.15, 0.2) is 0 Å². The molecule has 0 bridgehead atoms. The van der Waals surface area contributed by atoms with Gasteiger partial charge in [-0.3, -0.25) is 0 Å². The Bertz CT molecular complexity index is 118. The molecular formula is C7H15CrNO2. The molecule has 0 aliphatic carbocycles. The van der Waals surface area contributed by atoms with Crippen LogP contribution in [-0.4, -0.2) is 28.2 Å². The molecule has 3 nitrogen and oxygen atoms in total. The predicted molar refractivity (Wildman–Crippen MR) is 40.1 cm³/mol. The van der Waals surface area contributed by atoms with Gasteiger partial charge in [0.15, 0.2) is 0 Å². The van der Waals surface area contributed by atoms with Crippen LogP contribution in [0.2, 0.25) is 0 Å². The Morgan fingerprint density at radius 1 is 1.18 bits per heavy atom. The maximum Gasteiger partial charge on any atom is 0.407 e. The normalized spacial score (nSPS) is 9.64. The van der Waals surface area contributed by atoms with E-state index in [9.17, 15) is 4.79 Å². The van der Waals surface area contributed by atoms with Crippen LogP contribution >= 0.6 is 0 Å². The van der Waals surface area contributed by atoms with Crippen LogP contribution in [0.5, 0.6) is 0 Å². The minimum absolute atomic E-state index is 0. The molecule has 4 heteroatoms. The third-order valence-corrected chi connectivity index (χ3v) is 1.33. The van der Waals surface area contributed by atoms with Crippen molar-refractivity contribution in [2.45, 2.75) is 39.8 Å². The Balaban J connectivity index is 0. The topological polar surface area (TPSA) is 40.5 Å². The summed E-state index contributed by atoms with van der Waals surface area (Å²) >= 11 is 0. The van der Waals surface area contributed by atoms with Gasteiger partial charge in [-0.25, -0.2) is 4.79 Å². The summed E-state index contributed by atoms with van der Waals surface area (Å²) in [5.41, 5.74) is 0. The molecule has 0 radical (unpaired) electrons. The second-order valence-electron chi connectivity index (χ2n) is 2.88. The van der Waals surface area contributed by atoms with Crippen molar-refractivity contribution >= 4 is 6.09 Å². The number of nitrogens with zero attached hydrogens (tertiary/aromatic N) is 1. The molecule has 0 atom stereocenters. The van der Waals surface area contributed by atoms with E-state index in [1.807, 2.05) is 27.7 Å². The van der Waals surface area contributed by atoms with Crippen LogP contribution < -0.4 is 0 Å². The summed E-state index contributed by atoms with van der Waals surface area (Å²) in [6.45, 7) is 7.48. The fourth-order valence-electron chi connectivity index (χ4n) is 1.04. The molecular weight excluding hydrogens is 182 g/mol. The molecule has 0 saturated carbocycles. The van der Waals surface area contributed by atoms with E-state index in [1.54, 1.807) is 0 Å². The Morgan fingerprint density at radius 3 is 1.45 bits per heavy atom. The van der Waals surface area contributed by atoms with Crippen LogP contribution in [-0.2, 0) is 17.4 Å². The molecule has 1 N–H and O–H groups in total. The number of carbonyl (C=O) groups is 1. The van der Waals surface area contributed by atoms with Crippen molar-refractivity contribution in [3.63, 3.8) is 0 Å². The van der Waals surface area contributed by atoms with E-state index < -0.39 is 6.09 Å². The number of rotatable bonds is 2. The van der Waals surface area contributed by atoms with Crippen molar-refractivity contribution in [3.05, 3.63) is 0 Å². The maximum atomic E-state index is 10.5. The number of hydrogen-bond acceptors (Lipinski definition) is 1. The summed E-state index contributed by atoms with van der Waals surface area (Å²) in [6, 6.07) is 0.134. The average molecular weight is 197 g/mol. The van der Waals surface area contributed by atoms with Gasteiger partial charge in [0.25, 0.3) is 0 Å². The van der Waals surface area contributed by atoms with Crippen molar-refractivity contribution in [1.29, 1.82) is 0 Å². The van der Waals surface area contributed by atoms with Crippen LogP contribution in [0.4, 0.5) is 4.79 Å². The molecule has 66 valence electrons. The van der Waals surface area contributed by atoms with Crippen molar-refractivity contribution < 1.29 is 27.3 Å². The second kappa shape index (κ2) is 5.45. The predicted octanol–water partition coefficient (Wildman–Crippen LogP) is 1.78. The smallest absolute Gasteiger partial charge is 0.407 e. The Hall–Kier alpha value is -0.198. The Morgan fingerprint density at radius 2 is 1.45 bits per heavy atom. The average Bonchev–Trinajstić information content (AvgIpc) is 1.59. The van der Waals surface area contributed by atoms with Crippen LogP contribution in [0.3, 0.4) is 0 Å².